The number of benzene rings is 1. The third-order valence-electron chi connectivity index (χ3n) is 5.62. The fourth-order valence-corrected chi connectivity index (χ4v) is 4.41. The van der Waals surface area contributed by atoms with Crippen LogP contribution in [0, 0.1) is 5.41 Å². The second-order valence-corrected chi connectivity index (χ2v) is 7.93. The van der Waals surface area contributed by atoms with E-state index in [1.54, 1.807) is 0 Å². The summed E-state index contributed by atoms with van der Waals surface area (Å²) in [7, 11) is 0. The highest BCUT2D eigenvalue weighted by atomic mass is 35.5. The molecule has 26 heavy (non-hydrogen) atoms. The van der Waals surface area contributed by atoms with E-state index in [0.717, 1.165) is 82.8 Å². The van der Waals surface area contributed by atoms with E-state index in [0.29, 0.717) is 0 Å². The average molecular weight is 400 g/mol. The number of rotatable bonds is 7. The van der Waals surface area contributed by atoms with Crippen LogP contribution in [0.2, 0.25) is 5.02 Å². The van der Waals surface area contributed by atoms with E-state index in [-0.39, 0.29) is 23.7 Å². The molecule has 0 unspecified atom stereocenters. The average Bonchev–Trinajstić information content (AvgIpc) is 3.09. The molecule has 1 aromatic carbocycles. The summed E-state index contributed by atoms with van der Waals surface area (Å²) in [6.45, 7) is 6.24. The Morgan fingerprint density at radius 1 is 1.23 bits per heavy atom. The molecule has 2 aliphatic rings. The molecule has 146 valence electrons. The summed E-state index contributed by atoms with van der Waals surface area (Å²) < 4.78 is 0. The molecule has 0 radical (unpaired) electrons. The highest BCUT2D eigenvalue weighted by Gasteiger charge is 2.40. The molecule has 1 amide bonds. The Bertz CT molecular complexity index is 570. The van der Waals surface area contributed by atoms with Gasteiger partial charge >= 0.3 is 0 Å². The summed E-state index contributed by atoms with van der Waals surface area (Å²) in [5, 5.41) is 7.35. The van der Waals surface area contributed by atoms with Crippen molar-refractivity contribution in [1.29, 1.82) is 0 Å². The maximum Gasteiger partial charge on any atom is 0.226 e. The molecule has 1 aliphatic carbocycles. The zero-order valence-electron chi connectivity index (χ0n) is 15.4. The van der Waals surface area contributed by atoms with E-state index in [4.69, 9.17) is 11.6 Å². The molecule has 1 aliphatic heterocycles. The molecule has 0 atom stereocenters. The van der Waals surface area contributed by atoms with Crippen LogP contribution >= 0.6 is 24.0 Å². The molecular formula is C20H31Cl2N3O. The van der Waals surface area contributed by atoms with Gasteiger partial charge in [-0.1, -0.05) is 36.6 Å². The van der Waals surface area contributed by atoms with E-state index < -0.39 is 0 Å². The monoisotopic (exact) mass is 399 g/mol. The van der Waals surface area contributed by atoms with Crippen LogP contribution in [0.15, 0.2) is 24.3 Å². The summed E-state index contributed by atoms with van der Waals surface area (Å²) in [6, 6.07) is 7.96. The minimum absolute atomic E-state index is 0. The van der Waals surface area contributed by atoms with Crippen molar-refractivity contribution in [2.75, 3.05) is 39.3 Å². The lowest BCUT2D eigenvalue weighted by Crippen LogP contribution is -2.45. The van der Waals surface area contributed by atoms with Crippen molar-refractivity contribution in [2.45, 2.75) is 38.5 Å². The van der Waals surface area contributed by atoms with E-state index in [1.165, 1.54) is 5.56 Å². The first-order chi connectivity index (χ1) is 12.2. The summed E-state index contributed by atoms with van der Waals surface area (Å²) in [5.74, 6) is 0.241. The van der Waals surface area contributed by atoms with Crippen molar-refractivity contribution in [3.63, 3.8) is 0 Å². The van der Waals surface area contributed by atoms with Crippen molar-refractivity contribution in [2.24, 2.45) is 5.41 Å². The smallest absolute Gasteiger partial charge is 0.226 e. The molecule has 2 fully saturated rings. The molecule has 0 spiro atoms. The van der Waals surface area contributed by atoms with Gasteiger partial charge in [0.15, 0.2) is 0 Å². The SMILES string of the molecule is Cl.O=C(NCCCN1CCNCC1)C1(Cc2cccc(Cl)c2)CCCC1. The molecule has 1 aromatic rings. The minimum atomic E-state index is -0.236. The number of nitrogens with zero attached hydrogens (tertiary/aromatic N) is 1. The van der Waals surface area contributed by atoms with Crippen LogP contribution in [-0.4, -0.2) is 50.1 Å². The number of amides is 1. The van der Waals surface area contributed by atoms with Gasteiger partial charge in [0.25, 0.3) is 0 Å². The first-order valence-corrected chi connectivity index (χ1v) is 10.0. The molecular weight excluding hydrogens is 369 g/mol. The Labute approximate surface area is 168 Å². The van der Waals surface area contributed by atoms with Crippen LogP contribution in [0.1, 0.15) is 37.7 Å². The number of piperazine rings is 1. The van der Waals surface area contributed by atoms with Crippen LogP contribution in [-0.2, 0) is 11.2 Å². The van der Waals surface area contributed by atoms with Gasteiger partial charge in [-0.2, -0.15) is 0 Å². The topological polar surface area (TPSA) is 44.4 Å². The predicted octanol–water partition coefficient (Wildman–Crippen LogP) is 3.28. The number of hydrogen-bond acceptors (Lipinski definition) is 3. The third-order valence-corrected chi connectivity index (χ3v) is 5.86. The zero-order valence-corrected chi connectivity index (χ0v) is 17.0. The normalized spacial score (nSPS) is 19.7. The molecule has 2 N–H and O–H groups in total. The minimum Gasteiger partial charge on any atom is -0.356 e. The maximum absolute atomic E-state index is 12.9. The van der Waals surface area contributed by atoms with Gasteiger partial charge in [-0.15, -0.1) is 12.4 Å². The van der Waals surface area contributed by atoms with Gasteiger partial charge in [-0.3, -0.25) is 4.79 Å². The quantitative estimate of drug-likeness (QED) is 0.691. The molecule has 1 saturated carbocycles. The standard InChI is InChI=1S/C20H30ClN3O.ClH/c21-18-6-3-5-17(15-18)16-20(7-1-2-8-20)19(25)23-9-4-12-24-13-10-22-11-14-24;/h3,5-6,15,22H,1-2,4,7-14,16H2,(H,23,25);1H. The van der Waals surface area contributed by atoms with Gasteiger partial charge in [0, 0.05) is 37.7 Å². The maximum atomic E-state index is 12.9. The molecule has 6 heteroatoms. The Morgan fingerprint density at radius 3 is 2.65 bits per heavy atom. The first kappa shape index (κ1) is 21.5. The van der Waals surface area contributed by atoms with E-state index >= 15 is 0 Å². The summed E-state index contributed by atoms with van der Waals surface area (Å²) in [4.78, 5) is 15.4. The van der Waals surface area contributed by atoms with Crippen molar-refractivity contribution in [3.05, 3.63) is 34.9 Å². The van der Waals surface area contributed by atoms with E-state index in [1.807, 2.05) is 18.2 Å². The molecule has 0 aromatic heterocycles. The predicted molar refractivity (Wildman–Crippen MR) is 110 cm³/mol. The van der Waals surface area contributed by atoms with Crippen molar-refractivity contribution in [1.82, 2.24) is 15.5 Å². The largest absolute Gasteiger partial charge is 0.356 e. The molecule has 3 rings (SSSR count). The van der Waals surface area contributed by atoms with Crippen LogP contribution in [0.5, 0.6) is 0 Å². The second kappa shape index (κ2) is 10.5. The van der Waals surface area contributed by atoms with Crippen molar-refractivity contribution < 1.29 is 4.79 Å². The lowest BCUT2D eigenvalue weighted by atomic mass is 9.79. The zero-order chi connectivity index (χ0) is 17.5. The fraction of sp³-hybridized carbons (Fsp3) is 0.650. The Morgan fingerprint density at radius 2 is 1.96 bits per heavy atom. The van der Waals surface area contributed by atoms with Crippen LogP contribution < -0.4 is 10.6 Å². The summed E-state index contributed by atoms with van der Waals surface area (Å²) in [6.07, 6.45) is 6.10. The second-order valence-electron chi connectivity index (χ2n) is 7.50. The molecule has 1 saturated heterocycles. The number of hydrogen-bond donors (Lipinski definition) is 2. The van der Waals surface area contributed by atoms with Gasteiger partial charge in [-0.25, -0.2) is 0 Å². The highest BCUT2D eigenvalue weighted by Crippen LogP contribution is 2.41. The Balaban J connectivity index is 0.00000243. The summed E-state index contributed by atoms with van der Waals surface area (Å²) in [5.41, 5.74) is 0.935. The Kier molecular flexibility index (Phi) is 8.68. The molecule has 4 nitrogen and oxygen atoms in total. The van der Waals surface area contributed by atoms with Gasteiger partial charge in [0.1, 0.15) is 0 Å². The lowest BCUT2D eigenvalue weighted by molar-refractivity contribution is -0.130. The summed E-state index contributed by atoms with van der Waals surface area (Å²) >= 11 is 6.12. The lowest BCUT2D eigenvalue weighted by Gasteiger charge is -2.29. The van der Waals surface area contributed by atoms with Gasteiger partial charge < -0.3 is 15.5 Å². The van der Waals surface area contributed by atoms with Crippen molar-refractivity contribution in [3.8, 4) is 0 Å². The number of nitrogens with one attached hydrogen (secondary N) is 2. The number of halogens is 2. The fourth-order valence-electron chi connectivity index (χ4n) is 4.20. The third kappa shape index (κ3) is 5.85. The number of carbonyl (C=O) groups excluding carboxylic acids is 1. The van der Waals surface area contributed by atoms with Crippen LogP contribution in [0.4, 0.5) is 0 Å². The van der Waals surface area contributed by atoms with E-state index in [2.05, 4.69) is 21.6 Å². The van der Waals surface area contributed by atoms with Gasteiger partial charge in [0.2, 0.25) is 5.91 Å². The van der Waals surface area contributed by atoms with Crippen LogP contribution in [0.3, 0.4) is 0 Å². The Hall–Kier alpha value is -0.810. The van der Waals surface area contributed by atoms with Gasteiger partial charge in [0.05, 0.1) is 5.41 Å². The first-order valence-electron chi connectivity index (χ1n) is 9.64. The molecule has 1 heterocycles. The highest BCUT2D eigenvalue weighted by molar-refractivity contribution is 6.30. The van der Waals surface area contributed by atoms with Crippen molar-refractivity contribution >= 4 is 29.9 Å². The number of carbonyl (C=O) groups is 1. The van der Waals surface area contributed by atoms with Crippen LogP contribution in [0.25, 0.3) is 0 Å². The molecule has 0 bridgehead atoms. The van der Waals surface area contributed by atoms with Gasteiger partial charge in [-0.05, 0) is 49.9 Å². The van der Waals surface area contributed by atoms with E-state index in [9.17, 15) is 4.79 Å².